The van der Waals surface area contributed by atoms with E-state index in [0.717, 1.165) is 59.8 Å². The Hall–Kier alpha value is -3.78. The lowest BCUT2D eigenvalue weighted by Gasteiger charge is -2.33. The van der Waals surface area contributed by atoms with Gasteiger partial charge in [-0.2, -0.15) is 0 Å². The fourth-order valence-corrected chi connectivity index (χ4v) is 4.29. The number of carbonyl (C=O) groups excluding carboxylic acids is 1. The Bertz CT molecular complexity index is 1330. The van der Waals surface area contributed by atoms with Crippen molar-refractivity contribution in [2.45, 2.75) is 6.92 Å². The van der Waals surface area contributed by atoms with E-state index in [1.54, 1.807) is 24.1 Å². The van der Waals surface area contributed by atoms with Crippen molar-refractivity contribution in [1.82, 2.24) is 14.9 Å². The van der Waals surface area contributed by atoms with Crippen LogP contribution in [0.15, 0.2) is 59.3 Å². The van der Waals surface area contributed by atoms with Gasteiger partial charge in [0.2, 0.25) is 11.6 Å². The molecule has 1 fully saturated rings. The zero-order chi connectivity index (χ0) is 23.8. The Morgan fingerprint density at radius 3 is 2.26 bits per heavy atom. The third kappa shape index (κ3) is 4.01. The van der Waals surface area contributed by atoms with Crippen molar-refractivity contribution >= 4 is 28.5 Å². The molecule has 0 bridgehead atoms. The summed E-state index contributed by atoms with van der Waals surface area (Å²) in [4.78, 5) is 26.9. The first-order valence-electron chi connectivity index (χ1n) is 11.2. The van der Waals surface area contributed by atoms with Crippen LogP contribution in [-0.4, -0.2) is 61.0 Å². The highest BCUT2D eigenvalue weighted by Gasteiger charge is 2.26. The second-order valence-corrected chi connectivity index (χ2v) is 8.61. The molecule has 1 aliphatic rings. The van der Waals surface area contributed by atoms with E-state index in [2.05, 4.69) is 26.8 Å². The van der Waals surface area contributed by atoms with Gasteiger partial charge in [-0.3, -0.25) is 4.79 Å². The lowest BCUT2D eigenvalue weighted by atomic mass is 9.98. The summed E-state index contributed by atoms with van der Waals surface area (Å²) < 4.78 is 20.1. The molecule has 34 heavy (non-hydrogen) atoms. The van der Waals surface area contributed by atoms with Gasteiger partial charge in [0.25, 0.3) is 0 Å². The topological polar surface area (TPSA) is 65.7 Å². The lowest BCUT2D eigenvalue weighted by Crippen LogP contribution is -2.44. The maximum atomic E-state index is 13.8. The van der Waals surface area contributed by atoms with Crippen LogP contribution in [0.4, 0.5) is 15.9 Å². The fourth-order valence-electron chi connectivity index (χ4n) is 4.29. The summed E-state index contributed by atoms with van der Waals surface area (Å²) in [5.74, 6) is 1.11. The Morgan fingerprint density at radius 2 is 1.62 bits per heavy atom. The molecule has 0 unspecified atom stereocenters. The van der Waals surface area contributed by atoms with Crippen molar-refractivity contribution in [2.24, 2.45) is 0 Å². The number of hydrogen-bond donors (Lipinski definition) is 0. The molecule has 0 saturated carbocycles. The minimum Gasteiger partial charge on any atom is -0.437 e. The molecule has 1 saturated heterocycles. The first kappa shape index (κ1) is 22.0. The first-order valence-corrected chi connectivity index (χ1v) is 11.2. The SMILES string of the molecule is CC(=O)N(C)c1ccc(-c2oc3ncnc(N4CCN(C)CC4)c3c2-c2ccc(F)cc2)cc1. The van der Waals surface area contributed by atoms with Crippen molar-refractivity contribution in [3.63, 3.8) is 0 Å². The van der Waals surface area contributed by atoms with Gasteiger partial charge in [0, 0.05) is 57.0 Å². The van der Waals surface area contributed by atoms with Crippen molar-refractivity contribution in [3.05, 3.63) is 60.7 Å². The number of rotatable bonds is 4. The van der Waals surface area contributed by atoms with Crippen molar-refractivity contribution in [2.75, 3.05) is 50.1 Å². The Kier molecular flexibility index (Phi) is 5.75. The van der Waals surface area contributed by atoms with Gasteiger partial charge in [-0.05, 0) is 49.0 Å². The molecule has 1 amide bonds. The number of aromatic nitrogens is 2. The van der Waals surface area contributed by atoms with E-state index in [4.69, 9.17) is 4.42 Å². The number of likely N-dealkylation sites (N-methyl/N-ethyl adjacent to an activating group) is 1. The monoisotopic (exact) mass is 459 g/mol. The molecule has 5 rings (SSSR count). The van der Waals surface area contributed by atoms with Gasteiger partial charge < -0.3 is 19.1 Å². The highest BCUT2D eigenvalue weighted by molar-refractivity contribution is 6.06. The highest BCUT2D eigenvalue weighted by atomic mass is 19.1. The van der Waals surface area contributed by atoms with E-state index in [0.29, 0.717) is 11.5 Å². The predicted molar refractivity (Wildman–Crippen MR) is 131 cm³/mol. The molecular formula is C26H26FN5O2. The van der Waals surface area contributed by atoms with Crippen molar-refractivity contribution in [1.29, 1.82) is 0 Å². The second kappa shape index (κ2) is 8.87. The van der Waals surface area contributed by atoms with Crippen molar-refractivity contribution in [3.8, 4) is 22.5 Å². The summed E-state index contributed by atoms with van der Waals surface area (Å²) in [5, 5.41) is 0.818. The molecule has 174 valence electrons. The minimum absolute atomic E-state index is 0.0458. The largest absolute Gasteiger partial charge is 0.437 e. The third-order valence-corrected chi connectivity index (χ3v) is 6.39. The summed E-state index contributed by atoms with van der Waals surface area (Å²) in [7, 11) is 3.85. The van der Waals surface area contributed by atoms with Crippen LogP contribution in [0, 0.1) is 5.82 Å². The standard InChI is InChI=1S/C26H26FN5O2/c1-17(33)31(3)21-10-6-19(7-11-21)24-22(18-4-8-20(27)9-5-18)23-25(28-16-29-26(23)34-24)32-14-12-30(2)13-15-32/h4-11,16H,12-15H2,1-3H3. The predicted octanol–water partition coefficient (Wildman–Crippen LogP) is 4.43. The molecular weight excluding hydrogens is 433 g/mol. The first-order chi connectivity index (χ1) is 16.4. The average molecular weight is 460 g/mol. The molecule has 8 heteroatoms. The van der Waals surface area contributed by atoms with Gasteiger partial charge in [0.15, 0.2) is 0 Å². The zero-order valence-corrected chi connectivity index (χ0v) is 19.5. The van der Waals surface area contributed by atoms with E-state index in [1.807, 2.05) is 24.3 Å². The van der Waals surface area contributed by atoms with E-state index < -0.39 is 0 Å². The average Bonchev–Trinajstić information content (AvgIpc) is 3.24. The normalized spacial score (nSPS) is 14.5. The number of nitrogens with zero attached hydrogens (tertiary/aromatic N) is 5. The summed E-state index contributed by atoms with van der Waals surface area (Å²) in [5.41, 5.74) is 3.77. The van der Waals surface area contributed by atoms with E-state index in [9.17, 15) is 9.18 Å². The molecule has 0 atom stereocenters. The minimum atomic E-state index is -0.301. The van der Waals surface area contributed by atoms with Gasteiger partial charge in [0.1, 0.15) is 23.7 Å². The molecule has 1 aliphatic heterocycles. The smallest absolute Gasteiger partial charge is 0.232 e. The van der Waals surface area contributed by atoms with E-state index in [-0.39, 0.29) is 11.7 Å². The lowest BCUT2D eigenvalue weighted by molar-refractivity contribution is -0.116. The number of carbonyl (C=O) groups is 1. The Labute approximate surface area is 197 Å². The van der Waals surface area contributed by atoms with Crippen LogP contribution in [0.25, 0.3) is 33.6 Å². The van der Waals surface area contributed by atoms with Gasteiger partial charge >= 0.3 is 0 Å². The molecule has 0 N–H and O–H groups in total. The number of halogens is 1. The van der Waals surface area contributed by atoms with Crippen molar-refractivity contribution < 1.29 is 13.6 Å². The fraction of sp³-hybridized carbons (Fsp3) is 0.269. The molecule has 0 aliphatic carbocycles. The number of benzene rings is 2. The quantitative estimate of drug-likeness (QED) is 0.450. The zero-order valence-electron chi connectivity index (χ0n) is 19.5. The highest BCUT2D eigenvalue weighted by Crippen LogP contribution is 2.43. The maximum Gasteiger partial charge on any atom is 0.232 e. The number of hydrogen-bond acceptors (Lipinski definition) is 6. The maximum absolute atomic E-state index is 13.8. The summed E-state index contributed by atoms with van der Waals surface area (Å²) in [6.07, 6.45) is 1.53. The van der Waals surface area contributed by atoms with Gasteiger partial charge in [0.05, 0.1) is 5.39 Å². The van der Waals surface area contributed by atoms with Crippen LogP contribution in [0.1, 0.15) is 6.92 Å². The van der Waals surface area contributed by atoms with Crippen LogP contribution in [0.2, 0.25) is 0 Å². The molecule has 0 spiro atoms. The molecule has 2 aromatic carbocycles. The van der Waals surface area contributed by atoms with Crippen LogP contribution in [0.5, 0.6) is 0 Å². The Morgan fingerprint density at radius 1 is 0.971 bits per heavy atom. The molecule has 3 heterocycles. The summed E-state index contributed by atoms with van der Waals surface area (Å²) in [6.45, 7) is 5.09. The van der Waals surface area contributed by atoms with Crippen LogP contribution in [0.3, 0.4) is 0 Å². The number of anilines is 2. The molecule has 4 aromatic rings. The summed E-state index contributed by atoms with van der Waals surface area (Å²) >= 11 is 0. The second-order valence-electron chi connectivity index (χ2n) is 8.61. The number of furan rings is 1. The molecule has 2 aromatic heterocycles. The summed E-state index contributed by atoms with van der Waals surface area (Å²) in [6, 6.07) is 14.0. The van der Waals surface area contributed by atoms with Gasteiger partial charge in [-0.15, -0.1) is 0 Å². The Balaban J connectivity index is 1.69. The van der Waals surface area contributed by atoms with Gasteiger partial charge in [-0.25, -0.2) is 14.4 Å². The molecule has 0 radical (unpaired) electrons. The van der Waals surface area contributed by atoms with Crippen LogP contribution in [-0.2, 0) is 4.79 Å². The van der Waals surface area contributed by atoms with E-state index >= 15 is 0 Å². The van der Waals surface area contributed by atoms with E-state index in [1.165, 1.54) is 25.4 Å². The van der Waals surface area contributed by atoms with Crippen LogP contribution >= 0.6 is 0 Å². The van der Waals surface area contributed by atoms with Crippen LogP contribution < -0.4 is 9.80 Å². The van der Waals surface area contributed by atoms with Gasteiger partial charge in [-0.1, -0.05) is 12.1 Å². The number of amides is 1. The number of piperazine rings is 1. The molecule has 7 nitrogen and oxygen atoms in total. The third-order valence-electron chi connectivity index (χ3n) is 6.39. The number of fused-ring (bicyclic) bond motifs is 1.